The van der Waals surface area contributed by atoms with Crippen molar-refractivity contribution < 1.29 is 0 Å². The number of thiol groups is 1. The first kappa shape index (κ1) is 12.8. The Morgan fingerprint density at radius 1 is 1.33 bits per heavy atom. The molecule has 0 aromatic rings. The zero-order chi connectivity index (χ0) is 10.9. The average molecular weight is 229 g/mol. The van der Waals surface area contributed by atoms with E-state index < -0.39 is 0 Å². The van der Waals surface area contributed by atoms with Crippen molar-refractivity contribution in [3.63, 3.8) is 0 Å². The van der Waals surface area contributed by atoms with Crippen LogP contribution in [0.25, 0.3) is 0 Å². The first-order valence-electron chi connectivity index (χ1n) is 6.01. The molecule has 0 aromatic carbocycles. The molecule has 1 aliphatic rings. The van der Waals surface area contributed by atoms with Crippen molar-refractivity contribution in [3.05, 3.63) is 0 Å². The van der Waals surface area contributed by atoms with Crippen LogP contribution in [0.2, 0.25) is 0 Å². The van der Waals surface area contributed by atoms with E-state index in [9.17, 15) is 0 Å². The fourth-order valence-electron chi connectivity index (χ4n) is 1.68. The molecule has 0 amide bonds. The standard InChI is InChI=1S/C11H23N3S/c1-2-3-4-5-6-7-8-14-9-12-11(15)13-10-14/h9,11,13,15H,2-8,10H2,1H3. The summed E-state index contributed by atoms with van der Waals surface area (Å²) in [6, 6.07) is 0. The van der Waals surface area contributed by atoms with Crippen molar-refractivity contribution >= 4 is 19.0 Å². The monoisotopic (exact) mass is 229 g/mol. The smallest absolute Gasteiger partial charge is 0.147 e. The first-order chi connectivity index (χ1) is 7.33. The molecular weight excluding hydrogens is 206 g/mol. The third-order valence-electron chi connectivity index (χ3n) is 2.65. The highest BCUT2D eigenvalue weighted by molar-refractivity contribution is 7.80. The van der Waals surface area contributed by atoms with Crippen molar-refractivity contribution in [2.45, 2.75) is 50.9 Å². The lowest BCUT2D eigenvalue weighted by atomic mass is 10.1. The maximum Gasteiger partial charge on any atom is 0.147 e. The molecule has 1 atom stereocenters. The summed E-state index contributed by atoms with van der Waals surface area (Å²) in [5.74, 6) is 0. The highest BCUT2D eigenvalue weighted by Crippen LogP contribution is 2.06. The third kappa shape index (κ3) is 6.05. The van der Waals surface area contributed by atoms with E-state index in [4.69, 9.17) is 0 Å². The molecule has 0 fully saturated rings. The zero-order valence-electron chi connectivity index (χ0n) is 9.65. The van der Waals surface area contributed by atoms with Crippen LogP contribution in [0.4, 0.5) is 0 Å². The van der Waals surface area contributed by atoms with Crippen LogP contribution in [-0.4, -0.2) is 29.9 Å². The minimum absolute atomic E-state index is 0.00851. The first-order valence-corrected chi connectivity index (χ1v) is 6.53. The summed E-state index contributed by atoms with van der Waals surface area (Å²) in [5, 5.41) is 3.19. The van der Waals surface area contributed by atoms with E-state index in [1.54, 1.807) is 0 Å². The fourth-order valence-corrected chi connectivity index (χ4v) is 1.82. The summed E-state index contributed by atoms with van der Waals surface area (Å²) < 4.78 is 0. The third-order valence-corrected chi connectivity index (χ3v) is 2.96. The quantitative estimate of drug-likeness (QED) is 0.518. The lowest BCUT2D eigenvalue weighted by molar-refractivity contribution is 0.354. The van der Waals surface area contributed by atoms with Gasteiger partial charge in [0.1, 0.15) is 5.50 Å². The lowest BCUT2D eigenvalue weighted by Gasteiger charge is -2.25. The van der Waals surface area contributed by atoms with E-state index in [2.05, 4.69) is 34.8 Å². The topological polar surface area (TPSA) is 27.6 Å². The molecule has 0 radical (unpaired) electrons. The fraction of sp³-hybridized carbons (Fsp3) is 0.909. The van der Waals surface area contributed by atoms with E-state index in [1.807, 2.05) is 6.34 Å². The summed E-state index contributed by atoms with van der Waals surface area (Å²) >= 11 is 4.21. The Hall–Kier alpha value is -0.220. The Morgan fingerprint density at radius 3 is 2.73 bits per heavy atom. The Labute approximate surface area is 98.7 Å². The molecule has 1 unspecified atom stereocenters. The molecule has 0 aliphatic carbocycles. The summed E-state index contributed by atoms with van der Waals surface area (Å²) in [6.45, 7) is 4.25. The van der Waals surface area contributed by atoms with E-state index >= 15 is 0 Å². The Balaban J connectivity index is 1.94. The summed E-state index contributed by atoms with van der Waals surface area (Å²) in [4.78, 5) is 6.41. The van der Waals surface area contributed by atoms with Gasteiger partial charge in [0.05, 0.1) is 13.0 Å². The van der Waals surface area contributed by atoms with Crippen LogP contribution in [0.3, 0.4) is 0 Å². The maximum absolute atomic E-state index is 4.21. The minimum Gasteiger partial charge on any atom is -0.350 e. The number of rotatable bonds is 7. The molecule has 1 rings (SSSR count). The molecule has 88 valence electrons. The summed E-state index contributed by atoms with van der Waals surface area (Å²) in [6.07, 6.45) is 10.0. The van der Waals surface area contributed by atoms with Crippen LogP contribution < -0.4 is 5.32 Å². The van der Waals surface area contributed by atoms with Crippen LogP contribution in [0.5, 0.6) is 0 Å². The molecule has 1 aliphatic heterocycles. The second-order valence-corrected chi connectivity index (χ2v) is 4.57. The molecule has 0 saturated heterocycles. The van der Waals surface area contributed by atoms with E-state index in [0.29, 0.717) is 0 Å². The lowest BCUT2D eigenvalue weighted by Crippen LogP contribution is -2.41. The van der Waals surface area contributed by atoms with Crippen molar-refractivity contribution in [1.82, 2.24) is 10.2 Å². The number of nitrogens with zero attached hydrogens (tertiary/aromatic N) is 2. The molecule has 4 heteroatoms. The predicted molar refractivity (Wildman–Crippen MR) is 69.4 cm³/mol. The van der Waals surface area contributed by atoms with Gasteiger partial charge in [-0.2, -0.15) is 0 Å². The Bertz CT molecular complexity index is 185. The van der Waals surface area contributed by atoms with Gasteiger partial charge in [-0.3, -0.25) is 5.32 Å². The number of aliphatic imine (C=N–C) groups is 1. The van der Waals surface area contributed by atoms with Crippen molar-refractivity contribution in [2.75, 3.05) is 13.2 Å². The molecule has 1 heterocycles. The second-order valence-electron chi connectivity index (χ2n) is 4.08. The Morgan fingerprint density at radius 2 is 2.07 bits per heavy atom. The molecule has 0 spiro atoms. The highest BCUT2D eigenvalue weighted by Gasteiger charge is 2.07. The van der Waals surface area contributed by atoms with Crippen LogP contribution in [0.1, 0.15) is 45.4 Å². The SMILES string of the molecule is CCCCCCCCN1C=NC(S)NC1. The van der Waals surface area contributed by atoms with Gasteiger partial charge in [0.15, 0.2) is 0 Å². The molecule has 0 bridgehead atoms. The van der Waals surface area contributed by atoms with Crippen LogP contribution in [-0.2, 0) is 0 Å². The molecule has 15 heavy (non-hydrogen) atoms. The van der Waals surface area contributed by atoms with E-state index in [0.717, 1.165) is 13.2 Å². The zero-order valence-corrected chi connectivity index (χ0v) is 10.5. The number of unbranched alkanes of at least 4 members (excludes halogenated alkanes) is 5. The molecule has 0 saturated carbocycles. The minimum atomic E-state index is -0.00851. The number of nitrogens with one attached hydrogen (secondary N) is 1. The van der Waals surface area contributed by atoms with Crippen molar-refractivity contribution in [1.29, 1.82) is 0 Å². The number of hydrogen-bond acceptors (Lipinski definition) is 4. The van der Waals surface area contributed by atoms with Crippen LogP contribution in [0, 0.1) is 0 Å². The molecule has 3 nitrogen and oxygen atoms in total. The van der Waals surface area contributed by atoms with Gasteiger partial charge in [-0.15, -0.1) is 12.6 Å². The normalized spacial score (nSPS) is 20.9. The Kier molecular flexibility index (Phi) is 6.85. The van der Waals surface area contributed by atoms with Gasteiger partial charge in [0, 0.05) is 6.54 Å². The molecule has 0 aromatic heterocycles. The van der Waals surface area contributed by atoms with Crippen LogP contribution >= 0.6 is 12.6 Å². The van der Waals surface area contributed by atoms with E-state index in [1.165, 1.54) is 38.5 Å². The van der Waals surface area contributed by atoms with Crippen molar-refractivity contribution in [3.8, 4) is 0 Å². The predicted octanol–water partition coefficient (Wildman–Crippen LogP) is 2.45. The van der Waals surface area contributed by atoms with Gasteiger partial charge in [0.25, 0.3) is 0 Å². The second kappa shape index (κ2) is 7.99. The molecule has 1 N–H and O–H groups in total. The van der Waals surface area contributed by atoms with E-state index in [-0.39, 0.29) is 5.50 Å². The van der Waals surface area contributed by atoms with Gasteiger partial charge in [-0.25, -0.2) is 4.99 Å². The highest BCUT2D eigenvalue weighted by atomic mass is 32.1. The largest absolute Gasteiger partial charge is 0.350 e. The summed E-state index contributed by atoms with van der Waals surface area (Å²) in [7, 11) is 0. The van der Waals surface area contributed by atoms with Gasteiger partial charge < -0.3 is 4.90 Å². The van der Waals surface area contributed by atoms with Gasteiger partial charge in [-0.1, -0.05) is 39.0 Å². The maximum atomic E-state index is 4.21. The van der Waals surface area contributed by atoms with Gasteiger partial charge in [-0.05, 0) is 6.42 Å². The van der Waals surface area contributed by atoms with Crippen molar-refractivity contribution in [2.24, 2.45) is 4.99 Å². The van der Waals surface area contributed by atoms with Crippen LogP contribution in [0.15, 0.2) is 4.99 Å². The summed E-state index contributed by atoms with van der Waals surface area (Å²) in [5.41, 5.74) is -0.00851. The molecular formula is C11H23N3S. The number of hydrogen-bond donors (Lipinski definition) is 2. The average Bonchev–Trinajstić information content (AvgIpc) is 2.26. The van der Waals surface area contributed by atoms with Gasteiger partial charge in [0.2, 0.25) is 0 Å². The van der Waals surface area contributed by atoms with Gasteiger partial charge >= 0.3 is 0 Å².